The van der Waals surface area contributed by atoms with E-state index < -0.39 is 0 Å². The molecule has 102 valence electrons. The molecule has 1 aromatic carbocycles. The molecule has 0 spiro atoms. The number of hydrogen-bond donors (Lipinski definition) is 2. The fourth-order valence-corrected chi connectivity index (χ4v) is 2.13. The predicted molar refractivity (Wildman–Crippen MR) is 73.8 cm³/mol. The number of phenolic OH excluding ortho intramolecular Hbond substituents is 1. The van der Waals surface area contributed by atoms with Crippen LogP contribution in [0.4, 0.5) is 0 Å². The summed E-state index contributed by atoms with van der Waals surface area (Å²) in [6.45, 7) is 3.85. The maximum absolute atomic E-state index is 9.86. The monoisotopic (exact) mass is 260 g/mol. The number of phenols is 1. The molecule has 2 aromatic rings. The standard InChI is InChI=1S/C14H20N4O/c1-2-13(12-6-3-4-7-14(12)19)15-8-5-10-18-11-9-16-17-18/h3-4,6-7,9,11,13,15,19H,2,5,8,10H2,1H3. The van der Waals surface area contributed by atoms with Crippen molar-refractivity contribution in [3.63, 3.8) is 0 Å². The summed E-state index contributed by atoms with van der Waals surface area (Å²) in [7, 11) is 0. The quantitative estimate of drug-likeness (QED) is 0.748. The molecule has 19 heavy (non-hydrogen) atoms. The van der Waals surface area contributed by atoms with Gasteiger partial charge in [-0.2, -0.15) is 0 Å². The zero-order valence-electron chi connectivity index (χ0n) is 11.2. The molecule has 1 atom stereocenters. The average Bonchev–Trinajstić information content (AvgIpc) is 2.93. The van der Waals surface area contributed by atoms with Gasteiger partial charge in [0.25, 0.3) is 0 Å². The molecule has 0 aliphatic heterocycles. The first kappa shape index (κ1) is 13.5. The van der Waals surface area contributed by atoms with Crippen LogP contribution in [-0.4, -0.2) is 26.6 Å². The Balaban J connectivity index is 1.81. The summed E-state index contributed by atoms with van der Waals surface area (Å²) in [5, 5.41) is 21.0. The van der Waals surface area contributed by atoms with Gasteiger partial charge in [0.15, 0.2) is 0 Å². The third kappa shape index (κ3) is 3.79. The lowest BCUT2D eigenvalue weighted by Crippen LogP contribution is -2.23. The molecular formula is C14H20N4O. The zero-order chi connectivity index (χ0) is 13.5. The van der Waals surface area contributed by atoms with Crippen molar-refractivity contribution >= 4 is 0 Å². The second-order valence-electron chi connectivity index (χ2n) is 4.49. The largest absolute Gasteiger partial charge is 0.508 e. The van der Waals surface area contributed by atoms with Gasteiger partial charge < -0.3 is 10.4 Å². The van der Waals surface area contributed by atoms with E-state index in [1.807, 2.05) is 29.1 Å². The highest BCUT2D eigenvalue weighted by Crippen LogP contribution is 2.25. The molecule has 2 rings (SSSR count). The molecule has 0 bridgehead atoms. The summed E-state index contributed by atoms with van der Waals surface area (Å²) in [5.74, 6) is 0.359. The smallest absolute Gasteiger partial charge is 0.120 e. The summed E-state index contributed by atoms with van der Waals surface area (Å²) in [4.78, 5) is 0. The summed E-state index contributed by atoms with van der Waals surface area (Å²) in [6, 6.07) is 7.69. The Morgan fingerprint density at radius 1 is 1.37 bits per heavy atom. The van der Waals surface area contributed by atoms with Gasteiger partial charge in [-0.15, -0.1) is 5.10 Å². The highest BCUT2D eigenvalue weighted by atomic mass is 16.3. The van der Waals surface area contributed by atoms with Gasteiger partial charge in [0, 0.05) is 24.3 Å². The molecule has 1 unspecified atom stereocenters. The minimum Gasteiger partial charge on any atom is -0.508 e. The number of nitrogens with one attached hydrogen (secondary N) is 1. The predicted octanol–water partition coefficient (Wildman–Crippen LogP) is 2.11. The Labute approximate surface area is 113 Å². The Hall–Kier alpha value is -1.88. The highest BCUT2D eigenvalue weighted by Gasteiger charge is 2.11. The summed E-state index contributed by atoms with van der Waals surface area (Å²) < 4.78 is 1.82. The molecule has 0 radical (unpaired) electrons. The summed E-state index contributed by atoms with van der Waals surface area (Å²) >= 11 is 0. The van der Waals surface area contributed by atoms with Gasteiger partial charge in [0.05, 0.1) is 6.20 Å². The summed E-state index contributed by atoms with van der Waals surface area (Å²) in [5.41, 5.74) is 0.964. The first-order valence-electron chi connectivity index (χ1n) is 6.66. The van der Waals surface area contributed by atoms with E-state index in [0.717, 1.165) is 31.5 Å². The van der Waals surface area contributed by atoms with Crippen molar-refractivity contribution in [3.05, 3.63) is 42.2 Å². The van der Waals surface area contributed by atoms with Gasteiger partial charge in [-0.25, -0.2) is 0 Å². The van der Waals surface area contributed by atoms with Crippen molar-refractivity contribution in [2.45, 2.75) is 32.4 Å². The number of hydrogen-bond acceptors (Lipinski definition) is 4. The van der Waals surface area contributed by atoms with Crippen LogP contribution in [0.5, 0.6) is 5.75 Å². The van der Waals surface area contributed by atoms with E-state index in [1.165, 1.54) is 0 Å². The molecule has 0 amide bonds. The Morgan fingerprint density at radius 2 is 2.21 bits per heavy atom. The van der Waals surface area contributed by atoms with Crippen LogP contribution < -0.4 is 5.32 Å². The van der Waals surface area contributed by atoms with E-state index in [0.29, 0.717) is 5.75 Å². The lowest BCUT2D eigenvalue weighted by molar-refractivity contribution is 0.433. The molecule has 2 N–H and O–H groups in total. The number of aryl methyl sites for hydroxylation is 1. The number of aromatic nitrogens is 3. The molecular weight excluding hydrogens is 240 g/mol. The van der Waals surface area contributed by atoms with Gasteiger partial charge in [-0.05, 0) is 25.5 Å². The fraction of sp³-hybridized carbons (Fsp3) is 0.429. The summed E-state index contributed by atoms with van der Waals surface area (Å²) in [6.07, 6.45) is 5.47. The maximum Gasteiger partial charge on any atom is 0.120 e. The normalized spacial score (nSPS) is 12.5. The van der Waals surface area contributed by atoms with E-state index in [2.05, 4.69) is 22.6 Å². The van der Waals surface area contributed by atoms with E-state index in [9.17, 15) is 5.11 Å². The van der Waals surface area contributed by atoms with Crippen LogP contribution >= 0.6 is 0 Å². The van der Waals surface area contributed by atoms with Gasteiger partial charge in [-0.3, -0.25) is 4.68 Å². The Morgan fingerprint density at radius 3 is 2.89 bits per heavy atom. The average molecular weight is 260 g/mol. The van der Waals surface area contributed by atoms with Crippen molar-refractivity contribution in [2.75, 3.05) is 6.54 Å². The van der Waals surface area contributed by atoms with Crippen LogP contribution in [-0.2, 0) is 6.54 Å². The highest BCUT2D eigenvalue weighted by molar-refractivity contribution is 5.34. The second-order valence-corrected chi connectivity index (χ2v) is 4.49. The number of para-hydroxylation sites is 1. The lowest BCUT2D eigenvalue weighted by atomic mass is 10.0. The van der Waals surface area contributed by atoms with Crippen molar-refractivity contribution in [2.24, 2.45) is 0 Å². The lowest BCUT2D eigenvalue weighted by Gasteiger charge is -2.18. The minimum atomic E-state index is 0.192. The molecule has 1 aromatic heterocycles. The molecule has 0 aliphatic carbocycles. The first-order valence-corrected chi connectivity index (χ1v) is 6.66. The number of benzene rings is 1. The van der Waals surface area contributed by atoms with E-state index in [-0.39, 0.29) is 6.04 Å². The van der Waals surface area contributed by atoms with Crippen molar-refractivity contribution in [1.29, 1.82) is 0 Å². The topological polar surface area (TPSA) is 63.0 Å². The number of rotatable bonds is 7. The van der Waals surface area contributed by atoms with Crippen LogP contribution in [0.25, 0.3) is 0 Å². The van der Waals surface area contributed by atoms with Crippen molar-refractivity contribution in [1.82, 2.24) is 20.3 Å². The second kappa shape index (κ2) is 6.89. The van der Waals surface area contributed by atoms with Crippen molar-refractivity contribution in [3.8, 4) is 5.75 Å². The van der Waals surface area contributed by atoms with Gasteiger partial charge >= 0.3 is 0 Å². The number of nitrogens with zero attached hydrogens (tertiary/aromatic N) is 3. The van der Waals surface area contributed by atoms with Gasteiger partial charge in [0.1, 0.15) is 5.75 Å². The third-order valence-electron chi connectivity index (χ3n) is 3.15. The number of aromatic hydroxyl groups is 1. The minimum absolute atomic E-state index is 0.192. The van der Waals surface area contributed by atoms with E-state index >= 15 is 0 Å². The van der Waals surface area contributed by atoms with Crippen molar-refractivity contribution < 1.29 is 5.11 Å². The Bertz CT molecular complexity index is 484. The molecule has 5 nitrogen and oxygen atoms in total. The van der Waals surface area contributed by atoms with Crippen LogP contribution in [0.1, 0.15) is 31.4 Å². The molecule has 0 aliphatic rings. The Kier molecular flexibility index (Phi) is 4.92. The van der Waals surface area contributed by atoms with Gasteiger partial charge in [0.2, 0.25) is 0 Å². The molecule has 0 saturated heterocycles. The van der Waals surface area contributed by atoms with E-state index in [1.54, 1.807) is 12.3 Å². The van der Waals surface area contributed by atoms with Crippen LogP contribution in [0, 0.1) is 0 Å². The first-order chi connectivity index (χ1) is 9.31. The third-order valence-corrected chi connectivity index (χ3v) is 3.15. The van der Waals surface area contributed by atoms with Gasteiger partial charge in [-0.1, -0.05) is 30.3 Å². The van der Waals surface area contributed by atoms with E-state index in [4.69, 9.17) is 0 Å². The van der Waals surface area contributed by atoms with Crippen LogP contribution in [0.3, 0.4) is 0 Å². The molecule has 0 saturated carbocycles. The fourth-order valence-electron chi connectivity index (χ4n) is 2.13. The van der Waals surface area contributed by atoms with Crippen LogP contribution in [0.2, 0.25) is 0 Å². The molecule has 1 heterocycles. The SMILES string of the molecule is CCC(NCCCn1ccnn1)c1ccccc1O. The molecule has 5 heteroatoms. The molecule has 0 fully saturated rings. The van der Waals surface area contributed by atoms with Crippen LogP contribution in [0.15, 0.2) is 36.7 Å². The zero-order valence-corrected chi connectivity index (χ0v) is 11.2. The maximum atomic E-state index is 9.86.